The van der Waals surface area contributed by atoms with Crippen LogP contribution >= 0.6 is 0 Å². The summed E-state index contributed by atoms with van der Waals surface area (Å²) in [5.41, 5.74) is 1.08. The zero-order valence-electron chi connectivity index (χ0n) is 9.08. The minimum atomic E-state index is -0.118. The molecule has 1 unspecified atom stereocenters. The lowest BCUT2D eigenvalue weighted by Gasteiger charge is -2.25. The summed E-state index contributed by atoms with van der Waals surface area (Å²) in [5, 5.41) is 3.39. The van der Waals surface area contributed by atoms with Crippen LogP contribution in [0.25, 0.3) is 0 Å². The highest BCUT2D eigenvalue weighted by molar-refractivity contribution is 5.03. The Balaban J connectivity index is 1.77. The molecule has 1 aliphatic heterocycles. The first-order valence-corrected chi connectivity index (χ1v) is 5.31. The first-order valence-electron chi connectivity index (χ1n) is 5.31. The Hall–Kier alpha value is -0.840. The minimum Gasteiger partial charge on any atom is -0.378 e. The van der Waals surface area contributed by atoms with E-state index in [1.165, 1.54) is 5.69 Å². The van der Waals surface area contributed by atoms with Crippen LogP contribution < -0.4 is 5.32 Å². The summed E-state index contributed by atoms with van der Waals surface area (Å²) >= 11 is 0. The number of rotatable bonds is 5. The van der Waals surface area contributed by atoms with Crippen molar-refractivity contribution < 1.29 is 9.47 Å². The Morgan fingerprint density at radius 3 is 3.20 bits per heavy atom. The molecule has 0 spiro atoms. The highest BCUT2D eigenvalue weighted by atomic mass is 16.5. The molecule has 0 aliphatic carbocycles. The molecule has 2 N–H and O–H groups in total. The fourth-order valence-electron chi connectivity index (χ4n) is 1.86. The largest absolute Gasteiger partial charge is 0.378 e. The number of aromatic nitrogens is 1. The van der Waals surface area contributed by atoms with E-state index < -0.39 is 0 Å². The maximum absolute atomic E-state index is 5.52. The molecule has 15 heavy (non-hydrogen) atoms. The Kier molecular flexibility index (Phi) is 3.41. The first-order chi connectivity index (χ1) is 7.35. The number of nitrogens with one attached hydrogen (secondary N) is 2. The van der Waals surface area contributed by atoms with E-state index >= 15 is 0 Å². The van der Waals surface area contributed by atoms with E-state index in [1.54, 1.807) is 7.11 Å². The van der Waals surface area contributed by atoms with Gasteiger partial charge in [0.1, 0.15) is 5.60 Å². The standard InChI is InChI=1S/C11H18N2O2/c1-14-11(4-6-15-9-11)8-12-7-10-3-2-5-13-10/h2-3,5,12-13H,4,6-9H2,1H3. The second-order valence-electron chi connectivity index (χ2n) is 3.99. The van der Waals surface area contributed by atoms with E-state index in [4.69, 9.17) is 9.47 Å². The molecule has 1 aliphatic rings. The molecule has 4 nitrogen and oxygen atoms in total. The van der Waals surface area contributed by atoms with Crippen molar-refractivity contribution in [2.75, 3.05) is 26.9 Å². The monoisotopic (exact) mass is 210 g/mol. The van der Waals surface area contributed by atoms with Crippen LogP contribution in [-0.4, -0.2) is 37.5 Å². The SMILES string of the molecule is COC1(CNCc2ccc[nH]2)CCOC1. The van der Waals surface area contributed by atoms with Crippen molar-refractivity contribution in [1.29, 1.82) is 0 Å². The van der Waals surface area contributed by atoms with Gasteiger partial charge in [0.05, 0.1) is 6.61 Å². The number of ether oxygens (including phenoxy) is 2. The zero-order chi connectivity index (χ0) is 10.6. The molecule has 0 amide bonds. The maximum atomic E-state index is 5.52. The van der Waals surface area contributed by atoms with Gasteiger partial charge >= 0.3 is 0 Å². The second-order valence-corrected chi connectivity index (χ2v) is 3.99. The van der Waals surface area contributed by atoms with E-state index in [0.717, 1.165) is 26.1 Å². The molecule has 2 rings (SSSR count). The summed E-state index contributed by atoms with van der Waals surface area (Å²) in [4.78, 5) is 3.16. The molecule has 1 saturated heterocycles. The van der Waals surface area contributed by atoms with Crippen LogP contribution in [0.2, 0.25) is 0 Å². The Morgan fingerprint density at radius 1 is 1.67 bits per heavy atom. The van der Waals surface area contributed by atoms with Gasteiger partial charge in [0.25, 0.3) is 0 Å². The predicted octanol–water partition coefficient (Wildman–Crippen LogP) is 0.910. The lowest BCUT2D eigenvalue weighted by Crippen LogP contribution is -2.42. The van der Waals surface area contributed by atoms with Gasteiger partial charge in [-0.1, -0.05) is 0 Å². The molecule has 1 atom stereocenters. The number of methoxy groups -OCH3 is 1. The molecule has 1 fully saturated rings. The molecule has 0 bridgehead atoms. The molecule has 1 aromatic heterocycles. The first kappa shape index (κ1) is 10.7. The number of H-pyrrole nitrogens is 1. The lowest BCUT2D eigenvalue weighted by atomic mass is 10.0. The molecule has 0 saturated carbocycles. The van der Waals surface area contributed by atoms with E-state index in [-0.39, 0.29) is 5.60 Å². The van der Waals surface area contributed by atoms with Crippen molar-refractivity contribution in [3.8, 4) is 0 Å². The highest BCUT2D eigenvalue weighted by Crippen LogP contribution is 2.21. The van der Waals surface area contributed by atoms with Crippen LogP contribution in [-0.2, 0) is 16.0 Å². The third-order valence-corrected chi connectivity index (χ3v) is 2.93. The maximum Gasteiger partial charge on any atom is 0.106 e. The van der Waals surface area contributed by atoms with Gasteiger partial charge in [0.2, 0.25) is 0 Å². The van der Waals surface area contributed by atoms with Gasteiger partial charge < -0.3 is 19.8 Å². The average molecular weight is 210 g/mol. The molecule has 4 heteroatoms. The summed E-state index contributed by atoms with van der Waals surface area (Å²) in [6.45, 7) is 3.18. The minimum absolute atomic E-state index is 0.118. The molecule has 0 radical (unpaired) electrons. The molecule has 1 aromatic rings. The summed E-state index contributed by atoms with van der Waals surface area (Å²) in [7, 11) is 1.75. The van der Waals surface area contributed by atoms with Crippen molar-refractivity contribution in [1.82, 2.24) is 10.3 Å². The number of hydrogen-bond acceptors (Lipinski definition) is 3. The predicted molar refractivity (Wildman–Crippen MR) is 57.7 cm³/mol. The van der Waals surface area contributed by atoms with E-state index in [9.17, 15) is 0 Å². The van der Waals surface area contributed by atoms with Gasteiger partial charge in [-0.3, -0.25) is 0 Å². The van der Waals surface area contributed by atoms with Gasteiger partial charge in [-0.25, -0.2) is 0 Å². The molecular weight excluding hydrogens is 192 g/mol. The lowest BCUT2D eigenvalue weighted by molar-refractivity contribution is -0.0159. The van der Waals surface area contributed by atoms with Crippen LogP contribution in [0.3, 0.4) is 0 Å². The van der Waals surface area contributed by atoms with Crippen molar-refractivity contribution in [2.24, 2.45) is 0 Å². The van der Waals surface area contributed by atoms with Gasteiger partial charge in [0.15, 0.2) is 0 Å². The van der Waals surface area contributed by atoms with E-state index in [1.807, 2.05) is 12.3 Å². The van der Waals surface area contributed by atoms with Crippen molar-refractivity contribution in [2.45, 2.75) is 18.6 Å². The van der Waals surface area contributed by atoms with Crippen LogP contribution in [0.15, 0.2) is 18.3 Å². The summed E-state index contributed by atoms with van der Waals surface area (Å²) < 4.78 is 10.9. The average Bonchev–Trinajstić information content (AvgIpc) is 2.89. The zero-order valence-corrected chi connectivity index (χ0v) is 9.08. The van der Waals surface area contributed by atoms with Crippen LogP contribution in [0.1, 0.15) is 12.1 Å². The van der Waals surface area contributed by atoms with Gasteiger partial charge in [0, 0.05) is 45.1 Å². The molecule has 0 aromatic carbocycles. The van der Waals surface area contributed by atoms with Gasteiger partial charge in [-0.05, 0) is 12.1 Å². The third-order valence-electron chi connectivity index (χ3n) is 2.93. The second kappa shape index (κ2) is 4.79. The summed E-state index contributed by atoms with van der Waals surface area (Å²) in [6, 6.07) is 4.07. The van der Waals surface area contributed by atoms with E-state index in [2.05, 4.69) is 16.4 Å². The fourth-order valence-corrected chi connectivity index (χ4v) is 1.86. The quantitative estimate of drug-likeness (QED) is 0.759. The van der Waals surface area contributed by atoms with E-state index in [0.29, 0.717) is 6.61 Å². The third kappa shape index (κ3) is 2.59. The van der Waals surface area contributed by atoms with Crippen LogP contribution in [0.4, 0.5) is 0 Å². The van der Waals surface area contributed by atoms with Crippen molar-refractivity contribution >= 4 is 0 Å². The Labute approximate surface area is 90.0 Å². The highest BCUT2D eigenvalue weighted by Gasteiger charge is 2.34. The number of hydrogen-bond donors (Lipinski definition) is 2. The van der Waals surface area contributed by atoms with Crippen LogP contribution in [0.5, 0.6) is 0 Å². The smallest absolute Gasteiger partial charge is 0.106 e. The molecule has 84 valence electrons. The van der Waals surface area contributed by atoms with Gasteiger partial charge in [-0.2, -0.15) is 0 Å². The fraction of sp³-hybridized carbons (Fsp3) is 0.636. The molecule has 2 heterocycles. The number of aromatic amines is 1. The van der Waals surface area contributed by atoms with Crippen molar-refractivity contribution in [3.05, 3.63) is 24.0 Å². The Bertz CT molecular complexity index is 279. The van der Waals surface area contributed by atoms with Crippen molar-refractivity contribution in [3.63, 3.8) is 0 Å². The molecular formula is C11H18N2O2. The Morgan fingerprint density at radius 2 is 2.60 bits per heavy atom. The summed E-state index contributed by atoms with van der Waals surface area (Å²) in [5.74, 6) is 0. The van der Waals surface area contributed by atoms with Gasteiger partial charge in [-0.15, -0.1) is 0 Å². The topological polar surface area (TPSA) is 46.3 Å². The normalized spacial score (nSPS) is 25.9. The van der Waals surface area contributed by atoms with Crippen LogP contribution in [0, 0.1) is 0 Å². The summed E-state index contributed by atoms with van der Waals surface area (Å²) in [6.07, 6.45) is 2.91.